The highest BCUT2D eigenvalue weighted by Crippen LogP contribution is 2.37. The first kappa shape index (κ1) is 14.3. The van der Waals surface area contributed by atoms with Crippen LogP contribution < -0.4 is 14.8 Å². The largest absolute Gasteiger partial charge is 0.454 e. The zero-order valence-corrected chi connectivity index (χ0v) is 14.0. The van der Waals surface area contributed by atoms with E-state index < -0.39 is 0 Å². The SMILES string of the molecule is Cc1cc2c(cc1Nc1ncc3c(C)nn(C4C=CC4)c3n1)OCO2. The Bertz CT molecular complexity index is 1020. The zero-order valence-electron chi connectivity index (χ0n) is 14.0. The van der Waals surface area contributed by atoms with E-state index in [9.17, 15) is 0 Å². The molecule has 0 fully saturated rings. The van der Waals surface area contributed by atoms with E-state index in [1.54, 1.807) is 0 Å². The van der Waals surface area contributed by atoms with E-state index in [-0.39, 0.29) is 12.8 Å². The minimum Gasteiger partial charge on any atom is -0.454 e. The summed E-state index contributed by atoms with van der Waals surface area (Å²) in [6, 6.07) is 4.16. The van der Waals surface area contributed by atoms with Gasteiger partial charge in [0.2, 0.25) is 12.7 Å². The van der Waals surface area contributed by atoms with E-state index in [1.807, 2.05) is 36.9 Å². The second-order valence-electron chi connectivity index (χ2n) is 6.34. The third kappa shape index (κ3) is 2.23. The number of ether oxygens (including phenoxy) is 2. The van der Waals surface area contributed by atoms with Crippen LogP contribution in [0.15, 0.2) is 30.5 Å². The van der Waals surface area contributed by atoms with E-state index in [4.69, 9.17) is 14.5 Å². The maximum absolute atomic E-state index is 5.45. The highest BCUT2D eigenvalue weighted by Gasteiger charge is 2.20. The van der Waals surface area contributed by atoms with Crippen molar-refractivity contribution in [3.05, 3.63) is 41.7 Å². The van der Waals surface area contributed by atoms with Gasteiger partial charge in [0.25, 0.3) is 0 Å². The van der Waals surface area contributed by atoms with Crippen molar-refractivity contribution in [1.29, 1.82) is 0 Å². The Morgan fingerprint density at radius 2 is 2.00 bits per heavy atom. The molecule has 25 heavy (non-hydrogen) atoms. The van der Waals surface area contributed by atoms with Gasteiger partial charge in [-0.25, -0.2) is 9.67 Å². The van der Waals surface area contributed by atoms with Gasteiger partial charge >= 0.3 is 0 Å². The third-order valence-electron chi connectivity index (χ3n) is 4.65. The van der Waals surface area contributed by atoms with Gasteiger partial charge in [-0.2, -0.15) is 10.1 Å². The number of allylic oxidation sites excluding steroid dienone is 2. The van der Waals surface area contributed by atoms with Crippen LogP contribution in [0.4, 0.5) is 11.6 Å². The summed E-state index contributed by atoms with van der Waals surface area (Å²) in [5.74, 6) is 2.04. The van der Waals surface area contributed by atoms with E-state index in [0.717, 1.165) is 45.9 Å². The molecule has 1 N–H and O–H groups in total. The lowest BCUT2D eigenvalue weighted by Gasteiger charge is -2.18. The van der Waals surface area contributed by atoms with Crippen LogP contribution in [-0.2, 0) is 0 Å². The average Bonchev–Trinajstić information content (AvgIpc) is 3.11. The van der Waals surface area contributed by atoms with Crippen molar-refractivity contribution in [2.24, 2.45) is 0 Å². The number of rotatable bonds is 3. The van der Waals surface area contributed by atoms with Gasteiger partial charge in [-0.05, 0) is 31.9 Å². The molecule has 0 saturated carbocycles. The normalized spacial score (nSPS) is 17.8. The molecular weight excluding hydrogens is 318 g/mol. The molecule has 3 aromatic rings. The number of nitrogens with one attached hydrogen (secondary N) is 1. The molecule has 1 aliphatic heterocycles. The summed E-state index contributed by atoms with van der Waals surface area (Å²) < 4.78 is 12.8. The van der Waals surface area contributed by atoms with Crippen LogP contribution in [0, 0.1) is 13.8 Å². The van der Waals surface area contributed by atoms with Gasteiger partial charge in [-0.3, -0.25) is 0 Å². The van der Waals surface area contributed by atoms with E-state index in [1.165, 1.54) is 0 Å². The highest BCUT2D eigenvalue weighted by atomic mass is 16.7. The molecule has 1 aromatic carbocycles. The van der Waals surface area contributed by atoms with Crippen molar-refractivity contribution < 1.29 is 9.47 Å². The maximum atomic E-state index is 5.45. The van der Waals surface area contributed by atoms with Crippen LogP contribution >= 0.6 is 0 Å². The standard InChI is InChI=1S/C18H17N5O2/c1-10-6-15-16(25-9-24-15)7-14(10)20-18-19-8-13-11(2)22-23(17(13)21-18)12-4-3-5-12/h3-4,6-8,12H,5,9H2,1-2H3,(H,19,20,21). The molecule has 3 heterocycles. The number of aromatic nitrogens is 4. The van der Waals surface area contributed by atoms with E-state index >= 15 is 0 Å². The van der Waals surface area contributed by atoms with Crippen LogP contribution in [-0.4, -0.2) is 26.5 Å². The molecule has 0 bridgehead atoms. The molecule has 0 spiro atoms. The van der Waals surface area contributed by atoms with Gasteiger partial charge in [0.05, 0.1) is 17.1 Å². The van der Waals surface area contributed by atoms with Crippen molar-refractivity contribution in [2.75, 3.05) is 12.1 Å². The second kappa shape index (κ2) is 5.20. The van der Waals surface area contributed by atoms with Gasteiger partial charge in [0.15, 0.2) is 17.1 Å². The molecule has 1 atom stereocenters. The van der Waals surface area contributed by atoms with Crippen LogP contribution in [0.25, 0.3) is 11.0 Å². The fourth-order valence-corrected chi connectivity index (χ4v) is 3.09. The number of nitrogens with zero attached hydrogens (tertiary/aromatic N) is 4. The Hall–Kier alpha value is -3.09. The summed E-state index contributed by atoms with van der Waals surface area (Å²) in [6.07, 6.45) is 7.10. The number of hydrogen-bond acceptors (Lipinski definition) is 6. The molecule has 2 aliphatic rings. The molecule has 2 aromatic heterocycles. The van der Waals surface area contributed by atoms with Crippen LogP contribution in [0.5, 0.6) is 11.5 Å². The summed E-state index contributed by atoms with van der Waals surface area (Å²) in [5.41, 5.74) is 3.73. The molecule has 0 amide bonds. The summed E-state index contributed by atoms with van der Waals surface area (Å²) in [6.45, 7) is 4.25. The Balaban J connectivity index is 1.54. The topological polar surface area (TPSA) is 74.1 Å². The average molecular weight is 335 g/mol. The smallest absolute Gasteiger partial charge is 0.231 e. The second-order valence-corrected chi connectivity index (χ2v) is 6.34. The first-order chi connectivity index (χ1) is 12.2. The lowest BCUT2D eigenvalue weighted by atomic mass is 10.1. The van der Waals surface area contributed by atoms with Gasteiger partial charge in [0.1, 0.15) is 0 Å². The number of aryl methyl sites for hydroxylation is 2. The molecule has 0 saturated heterocycles. The minimum absolute atomic E-state index is 0.258. The Labute approximate surface area is 144 Å². The van der Waals surface area contributed by atoms with Crippen molar-refractivity contribution in [3.8, 4) is 11.5 Å². The summed E-state index contributed by atoms with van der Waals surface area (Å²) >= 11 is 0. The van der Waals surface area contributed by atoms with Crippen LogP contribution in [0.3, 0.4) is 0 Å². The molecule has 7 heteroatoms. The van der Waals surface area contributed by atoms with Crippen LogP contribution in [0.2, 0.25) is 0 Å². The Morgan fingerprint density at radius 3 is 2.76 bits per heavy atom. The summed E-state index contributed by atoms with van der Waals surface area (Å²) in [7, 11) is 0. The number of hydrogen-bond donors (Lipinski definition) is 1. The summed E-state index contributed by atoms with van der Waals surface area (Å²) in [5, 5.41) is 8.89. The quantitative estimate of drug-likeness (QED) is 0.739. The lowest BCUT2D eigenvalue weighted by Crippen LogP contribution is -2.13. The molecule has 7 nitrogen and oxygen atoms in total. The number of benzene rings is 1. The molecule has 126 valence electrons. The van der Waals surface area contributed by atoms with Gasteiger partial charge in [0, 0.05) is 18.0 Å². The Kier molecular flexibility index (Phi) is 2.97. The summed E-state index contributed by atoms with van der Waals surface area (Å²) in [4.78, 5) is 9.15. The third-order valence-corrected chi connectivity index (χ3v) is 4.65. The highest BCUT2D eigenvalue weighted by molar-refractivity contribution is 5.79. The molecule has 1 aliphatic carbocycles. The van der Waals surface area contributed by atoms with E-state index in [2.05, 4.69) is 27.6 Å². The predicted molar refractivity (Wildman–Crippen MR) is 93.4 cm³/mol. The molecule has 0 radical (unpaired) electrons. The van der Waals surface area contributed by atoms with Gasteiger partial charge in [-0.1, -0.05) is 12.2 Å². The molecule has 5 rings (SSSR count). The monoisotopic (exact) mass is 335 g/mol. The fourth-order valence-electron chi connectivity index (χ4n) is 3.09. The molecular formula is C18H17N5O2. The Morgan fingerprint density at radius 1 is 1.20 bits per heavy atom. The van der Waals surface area contributed by atoms with Crippen molar-refractivity contribution in [1.82, 2.24) is 19.7 Å². The first-order valence-corrected chi connectivity index (χ1v) is 8.25. The van der Waals surface area contributed by atoms with Gasteiger partial charge in [-0.15, -0.1) is 0 Å². The fraction of sp³-hybridized carbons (Fsp3) is 0.278. The maximum Gasteiger partial charge on any atom is 0.231 e. The molecule has 1 unspecified atom stereocenters. The first-order valence-electron chi connectivity index (χ1n) is 8.25. The van der Waals surface area contributed by atoms with Gasteiger partial charge < -0.3 is 14.8 Å². The van der Waals surface area contributed by atoms with Crippen molar-refractivity contribution >= 4 is 22.7 Å². The zero-order chi connectivity index (χ0) is 17.0. The van der Waals surface area contributed by atoms with E-state index in [0.29, 0.717) is 5.95 Å². The van der Waals surface area contributed by atoms with Crippen molar-refractivity contribution in [2.45, 2.75) is 26.3 Å². The van der Waals surface area contributed by atoms with Crippen molar-refractivity contribution in [3.63, 3.8) is 0 Å². The number of fused-ring (bicyclic) bond motifs is 2. The lowest BCUT2D eigenvalue weighted by molar-refractivity contribution is 0.174. The predicted octanol–water partition coefficient (Wildman–Crippen LogP) is 3.42. The van der Waals surface area contributed by atoms with Crippen LogP contribution in [0.1, 0.15) is 23.7 Å². The minimum atomic E-state index is 0.258. The number of anilines is 2.